The van der Waals surface area contributed by atoms with Gasteiger partial charge in [-0.2, -0.15) is 0 Å². The number of allylic oxidation sites excluding steroid dienone is 3. The van der Waals surface area contributed by atoms with Gasteiger partial charge >= 0.3 is 5.97 Å². The van der Waals surface area contributed by atoms with Crippen LogP contribution in [-0.2, 0) is 4.79 Å². The van der Waals surface area contributed by atoms with Gasteiger partial charge in [-0.25, -0.2) is 4.39 Å². The van der Waals surface area contributed by atoms with Gasteiger partial charge in [0, 0.05) is 12.0 Å². The van der Waals surface area contributed by atoms with E-state index in [9.17, 15) is 14.3 Å². The number of hydrogen-bond donors (Lipinski definition) is 1. The maximum Gasteiger partial charge on any atom is 0.313 e. The van der Waals surface area contributed by atoms with Crippen LogP contribution in [0.2, 0.25) is 0 Å². The second-order valence-electron chi connectivity index (χ2n) is 6.67. The van der Waals surface area contributed by atoms with E-state index in [-0.39, 0.29) is 12.2 Å². The van der Waals surface area contributed by atoms with Crippen molar-refractivity contribution < 1.29 is 14.3 Å². The molecule has 3 heteroatoms. The van der Waals surface area contributed by atoms with E-state index in [1.165, 1.54) is 19.3 Å². The van der Waals surface area contributed by atoms with Crippen LogP contribution in [0.25, 0.3) is 5.57 Å². The zero-order valence-corrected chi connectivity index (χ0v) is 14.4. The van der Waals surface area contributed by atoms with Gasteiger partial charge in [-0.15, -0.1) is 0 Å². The summed E-state index contributed by atoms with van der Waals surface area (Å²) in [6.45, 7) is 2.17. The van der Waals surface area contributed by atoms with E-state index < -0.39 is 11.4 Å². The fourth-order valence-electron chi connectivity index (χ4n) is 3.28. The lowest BCUT2D eigenvalue weighted by Gasteiger charge is -2.29. The highest BCUT2D eigenvalue weighted by Gasteiger charge is 2.39. The van der Waals surface area contributed by atoms with Gasteiger partial charge in [-0.1, -0.05) is 87.9 Å². The number of unbranched alkanes of at least 4 members (excludes halogenated alkanes) is 5. The molecular formula is C21H27FO2. The number of carboxylic acid groups (broad SMARTS) is 1. The Morgan fingerprint density at radius 1 is 1.12 bits per heavy atom. The lowest BCUT2D eigenvalue weighted by molar-refractivity contribution is -0.146. The minimum atomic E-state index is -1.09. The second kappa shape index (κ2) is 8.81. The third kappa shape index (κ3) is 4.56. The number of benzene rings is 1. The molecule has 0 saturated carbocycles. The molecule has 130 valence electrons. The first kappa shape index (κ1) is 18.4. The average Bonchev–Trinajstić information content (AvgIpc) is 2.58. The SMILES string of the molecule is CCCCCCCCC1(C(=O)O)C=CC(c2ccccc2)=C(F)C1. The maximum atomic E-state index is 14.6. The van der Waals surface area contributed by atoms with Crippen LogP contribution in [0.3, 0.4) is 0 Å². The van der Waals surface area contributed by atoms with Crippen molar-refractivity contribution in [1.82, 2.24) is 0 Å². The van der Waals surface area contributed by atoms with Gasteiger partial charge in [0.1, 0.15) is 5.83 Å². The van der Waals surface area contributed by atoms with Crippen molar-refractivity contribution >= 4 is 11.5 Å². The summed E-state index contributed by atoms with van der Waals surface area (Å²) < 4.78 is 14.6. The molecule has 0 saturated heterocycles. The Labute approximate surface area is 144 Å². The Morgan fingerprint density at radius 2 is 1.79 bits per heavy atom. The largest absolute Gasteiger partial charge is 0.481 e. The van der Waals surface area contributed by atoms with Crippen LogP contribution in [0.1, 0.15) is 63.9 Å². The van der Waals surface area contributed by atoms with E-state index in [0.29, 0.717) is 12.0 Å². The summed E-state index contributed by atoms with van der Waals surface area (Å²) >= 11 is 0. The van der Waals surface area contributed by atoms with Crippen molar-refractivity contribution in [2.45, 2.75) is 58.3 Å². The third-order valence-electron chi connectivity index (χ3n) is 4.82. The summed E-state index contributed by atoms with van der Waals surface area (Å²) in [6, 6.07) is 9.30. The Balaban J connectivity index is 2.02. The van der Waals surface area contributed by atoms with E-state index in [4.69, 9.17) is 0 Å². The zero-order valence-electron chi connectivity index (χ0n) is 14.4. The number of halogens is 1. The Hall–Kier alpha value is -1.90. The number of rotatable bonds is 9. The van der Waals surface area contributed by atoms with Crippen LogP contribution in [0, 0.1) is 5.41 Å². The molecule has 1 aromatic rings. The quantitative estimate of drug-likeness (QED) is 0.551. The summed E-state index contributed by atoms with van der Waals surface area (Å²) in [6.07, 6.45) is 10.4. The van der Waals surface area contributed by atoms with Crippen molar-refractivity contribution in [3.8, 4) is 0 Å². The molecule has 0 aromatic heterocycles. The summed E-state index contributed by atoms with van der Waals surface area (Å²) in [5, 5.41) is 9.66. The lowest BCUT2D eigenvalue weighted by Crippen LogP contribution is -2.30. The molecular weight excluding hydrogens is 303 g/mol. The van der Waals surface area contributed by atoms with Crippen LogP contribution < -0.4 is 0 Å². The molecule has 0 heterocycles. The van der Waals surface area contributed by atoms with Gasteiger partial charge < -0.3 is 5.11 Å². The minimum absolute atomic E-state index is 0.0436. The first-order valence-corrected chi connectivity index (χ1v) is 8.96. The predicted molar refractivity (Wildman–Crippen MR) is 96.3 cm³/mol. The van der Waals surface area contributed by atoms with E-state index in [1.54, 1.807) is 12.2 Å². The van der Waals surface area contributed by atoms with Crippen molar-refractivity contribution in [3.05, 3.63) is 53.9 Å². The van der Waals surface area contributed by atoms with E-state index >= 15 is 0 Å². The fraction of sp³-hybridized carbons (Fsp3) is 0.476. The summed E-state index contributed by atoms with van der Waals surface area (Å²) in [5.74, 6) is -1.24. The summed E-state index contributed by atoms with van der Waals surface area (Å²) in [7, 11) is 0. The molecule has 0 bridgehead atoms. The van der Waals surface area contributed by atoms with Gasteiger partial charge in [-0.05, 0) is 12.0 Å². The Kier molecular flexibility index (Phi) is 6.77. The molecule has 0 spiro atoms. The molecule has 1 aliphatic carbocycles. The highest BCUT2D eigenvalue weighted by molar-refractivity contribution is 5.84. The van der Waals surface area contributed by atoms with Crippen LogP contribution in [0.5, 0.6) is 0 Å². The second-order valence-corrected chi connectivity index (χ2v) is 6.67. The van der Waals surface area contributed by atoms with Crippen LogP contribution in [0.4, 0.5) is 4.39 Å². The fourth-order valence-corrected chi connectivity index (χ4v) is 3.28. The summed E-state index contributed by atoms with van der Waals surface area (Å²) in [5.41, 5.74) is 0.216. The smallest absolute Gasteiger partial charge is 0.313 e. The zero-order chi connectivity index (χ0) is 17.4. The standard InChI is InChI=1S/C21H27FO2/c1-2-3-4-5-6-10-14-21(20(23)24)15-13-18(19(22)16-21)17-11-8-7-9-12-17/h7-9,11-13,15H,2-6,10,14,16H2,1H3,(H,23,24). The van der Waals surface area contributed by atoms with Crippen molar-refractivity contribution in [1.29, 1.82) is 0 Å². The molecule has 24 heavy (non-hydrogen) atoms. The van der Waals surface area contributed by atoms with Crippen molar-refractivity contribution in [3.63, 3.8) is 0 Å². The molecule has 0 radical (unpaired) electrons. The minimum Gasteiger partial charge on any atom is -0.481 e. The van der Waals surface area contributed by atoms with Crippen LogP contribution >= 0.6 is 0 Å². The normalized spacial score (nSPS) is 20.4. The maximum absolute atomic E-state index is 14.6. The molecule has 2 nitrogen and oxygen atoms in total. The molecule has 2 rings (SSSR count). The first-order chi connectivity index (χ1) is 11.6. The van der Waals surface area contributed by atoms with Crippen molar-refractivity contribution in [2.24, 2.45) is 5.41 Å². The van der Waals surface area contributed by atoms with Crippen molar-refractivity contribution in [2.75, 3.05) is 0 Å². The predicted octanol–water partition coefficient (Wildman–Crippen LogP) is 6.15. The number of hydrogen-bond acceptors (Lipinski definition) is 1. The highest BCUT2D eigenvalue weighted by Crippen LogP contribution is 2.42. The molecule has 1 aromatic carbocycles. The van der Waals surface area contributed by atoms with Gasteiger partial charge in [-0.3, -0.25) is 4.79 Å². The molecule has 0 aliphatic heterocycles. The van der Waals surface area contributed by atoms with E-state index in [1.807, 2.05) is 30.3 Å². The number of carbonyl (C=O) groups is 1. The summed E-state index contributed by atoms with van der Waals surface area (Å²) in [4.78, 5) is 11.8. The Bertz CT molecular complexity index is 604. The van der Waals surface area contributed by atoms with Crippen LogP contribution in [-0.4, -0.2) is 11.1 Å². The van der Waals surface area contributed by atoms with Crippen LogP contribution in [0.15, 0.2) is 48.3 Å². The monoisotopic (exact) mass is 330 g/mol. The van der Waals surface area contributed by atoms with Gasteiger partial charge in [0.25, 0.3) is 0 Å². The highest BCUT2D eigenvalue weighted by atomic mass is 19.1. The molecule has 0 amide bonds. The topological polar surface area (TPSA) is 37.3 Å². The number of carboxylic acids is 1. The molecule has 1 N–H and O–H groups in total. The molecule has 1 atom stereocenters. The lowest BCUT2D eigenvalue weighted by atomic mass is 9.75. The average molecular weight is 330 g/mol. The van der Waals surface area contributed by atoms with E-state index in [2.05, 4.69) is 6.92 Å². The molecule has 0 fully saturated rings. The van der Waals surface area contributed by atoms with Gasteiger partial charge in [0.2, 0.25) is 0 Å². The van der Waals surface area contributed by atoms with Gasteiger partial charge in [0.15, 0.2) is 0 Å². The molecule has 1 aliphatic rings. The third-order valence-corrected chi connectivity index (χ3v) is 4.82. The molecule has 1 unspecified atom stereocenters. The van der Waals surface area contributed by atoms with Gasteiger partial charge in [0.05, 0.1) is 5.41 Å². The first-order valence-electron chi connectivity index (χ1n) is 8.96. The van der Waals surface area contributed by atoms with E-state index in [0.717, 1.165) is 24.8 Å². The number of aliphatic carboxylic acids is 1. The Morgan fingerprint density at radius 3 is 2.42 bits per heavy atom.